The van der Waals surface area contributed by atoms with Crippen molar-refractivity contribution in [2.75, 3.05) is 25.9 Å². The second-order valence-electron chi connectivity index (χ2n) is 2.39. The number of hydrogen-bond acceptors (Lipinski definition) is 3. The second kappa shape index (κ2) is 9.40. The maximum absolute atomic E-state index is 5.43. The van der Waals surface area contributed by atoms with Crippen LogP contribution in [0, 0.1) is 0 Å². The molecule has 0 aromatic heterocycles. The molecule has 0 saturated carbocycles. The lowest BCUT2D eigenvalue weighted by Crippen LogP contribution is -2.01. The van der Waals surface area contributed by atoms with E-state index < -0.39 is 8.38 Å². The van der Waals surface area contributed by atoms with Gasteiger partial charge in [0, 0.05) is 6.16 Å². The largest absolute Gasteiger partial charge is 0.334 e. The van der Waals surface area contributed by atoms with E-state index in [0.29, 0.717) is 0 Å². The Balaban J connectivity index is 3.34. The van der Waals surface area contributed by atoms with Crippen LogP contribution in [0.2, 0.25) is 0 Å². The van der Waals surface area contributed by atoms with Crippen molar-refractivity contribution in [2.45, 2.75) is 26.7 Å². The first-order chi connectivity index (χ1) is 5.85. The number of unbranched alkanes of at least 4 members (excludes halogenated alkanes) is 1. The van der Waals surface area contributed by atoms with Gasteiger partial charge in [0.2, 0.25) is 0 Å². The Hall–Kier alpha value is 0.310. The highest BCUT2D eigenvalue weighted by Gasteiger charge is 2.07. The molecule has 0 saturated heterocycles. The molecule has 0 aromatic carbocycles. The Morgan fingerprint density at radius 2 is 1.67 bits per heavy atom. The Morgan fingerprint density at radius 3 is 2.08 bits per heavy atom. The maximum atomic E-state index is 5.43. The van der Waals surface area contributed by atoms with Crippen molar-refractivity contribution in [2.24, 2.45) is 5.73 Å². The first-order valence-electron chi connectivity index (χ1n) is 4.58. The molecule has 4 heteroatoms. The minimum absolute atomic E-state index is 0.628. The lowest BCUT2D eigenvalue weighted by Gasteiger charge is -2.14. The monoisotopic (exact) mass is 193 g/mol. The van der Waals surface area contributed by atoms with E-state index in [0.717, 1.165) is 38.8 Å². The average Bonchev–Trinajstić information content (AvgIpc) is 2.06. The topological polar surface area (TPSA) is 44.5 Å². The summed E-state index contributed by atoms with van der Waals surface area (Å²) in [5, 5.41) is 0. The summed E-state index contributed by atoms with van der Waals surface area (Å²) in [6.07, 6.45) is 3.20. The molecule has 0 aliphatic heterocycles. The third kappa shape index (κ3) is 6.99. The van der Waals surface area contributed by atoms with Crippen LogP contribution in [-0.4, -0.2) is 25.9 Å². The van der Waals surface area contributed by atoms with Crippen LogP contribution in [0.4, 0.5) is 0 Å². The lowest BCUT2D eigenvalue weighted by molar-refractivity contribution is 0.269. The number of rotatable bonds is 8. The number of nitrogens with two attached hydrogens (primary N) is 1. The maximum Gasteiger partial charge on any atom is 0.170 e. The first-order valence-corrected chi connectivity index (χ1v) is 5.94. The van der Waals surface area contributed by atoms with Crippen LogP contribution in [-0.2, 0) is 9.05 Å². The van der Waals surface area contributed by atoms with E-state index in [4.69, 9.17) is 14.8 Å². The molecular formula is C8H20NO2P. The van der Waals surface area contributed by atoms with Crippen LogP contribution < -0.4 is 5.73 Å². The summed E-state index contributed by atoms with van der Waals surface area (Å²) < 4.78 is 10.9. The molecule has 3 nitrogen and oxygen atoms in total. The van der Waals surface area contributed by atoms with Crippen LogP contribution in [0.15, 0.2) is 0 Å². The molecule has 0 spiro atoms. The van der Waals surface area contributed by atoms with Gasteiger partial charge in [-0.15, -0.1) is 0 Å². The summed E-state index contributed by atoms with van der Waals surface area (Å²) in [4.78, 5) is 0. The van der Waals surface area contributed by atoms with Crippen molar-refractivity contribution in [3.8, 4) is 0 Å². The van der Waals surface area contributed by atoms with Gasteiger partial charge < -0.3 is 14.8 Å². The smallest absolute Gasteiger partial charge is 0.170 e. The Kier molecular flexibility index (Phi) is 9.64. The summed E-state index contributed by atoms with van der Waals surface area (Å²) in [6, 6.07) is 0. The van der Waals surface area contributed by atoms with Crippen molar-refractivity contribution >= 4 is 8.38 Å². The molecule has 74 valence electrons. The molecule has 0 rings (SSSR count). The van der Waals surface area contributed by atoms with Gasteiger partial charge in [-0.3, -0.25) is 0 Å². The summed E-state index contributed by atoms with van der Waals surface area (Å²) >= 11 is 0. The molecule has 0 fully saturated rings. The van der Waals surface area contributed by atoms with E-state index >= 15 is 0 Å². The zero-order valence-corrected chi connectivity index (χ0v) is 8.98. The van der Waals surface area contributed by atoms with Crippen molar-refractivity contribution in [3.05, 3.63) is 0 Å². The summed E-state index contributed by atoms with van der Waals surface area (Å²) in [5.41, 5.74) is 5.39. The highest BCUT2D eigenvalue weighted by atomic mass is 31.2. The summed E-state index contributed by atoms with van der Waals surface area (Å²) in [6.45, 7) is 6.25. The first kappa shape index (κ1) is 12.3. The van der Waals surface area contributed by atoms with Crippen LogP contribution in [0.1, 0.15) is 26.7 Å². The fraction of sp³-hybridized carbons (Fsp3) is 1.00. The van der Waals surface area contributed by atoms with Crippen molar-refractivity contribution < 1.29 is 9.05 Å². The molecule has 2 N–H and O–H groups in total. The zero-order chi connectivity index (χ0) is 9.23. The van der Waals surface area contributed by atoms with Crippen LogP contribution >= 0.6 is 8.38 Å². The molecule has 0 aliphatic carbocycles. The molecule has 12 heavy (non-hydrogen) atoms. The van der Waals surface area contributed by atoms with Gasteiger partial charge in [-0.05, 0) is 33.2 Å². The highest BCUT2D eigenvalue weighted by Crippen LogP contribution is 2.38. The lowest BCUT2D eigenvalue weighted by atomic mass is 10.3. The predicted octanol–water partition coefficient (Wildman–Crippen LogP) is 2.11. The van der Waals surface area contributed by atoms with Crippen LogP contribution in [0.5, 0.6) is 0 Å². The fourth-order valence-electron chi connectivity index (χ4n) is 0.840. The fourth-order valence-corrected chi connectivity index (χ4v) is 2.23. The van der Waals surface area contributed by atoms with E-state index in [9.17, 15) is 0 Å². The molecule has 0 heterocycles. The van der Waals surface area contributed by atoms with Crippen molar-refractivity contribution in [3.63, 3.8) is 0 Å². The van der Waals surface area contributed by atoms with E-state index in [2.05, 4.69) is 0 Å². The zero-order valence-electron chi connectivity index (χ0n) is 8.08. The van der Waals surface area contributed by atoms with Gasteiger partial charge in [-0.25, -0.2) is 0 Å². The van der Waals surface area contributed by atoms with Crippen molar-refractivity contribution in [1.82, 2.24) is 0 Å². The SMILES string of the molecule is CCOP(CCCCN)OCC. The third-order valence-electron chi connectivity index (χ3n) is 1.34. The van der Waals surface area contributed by atoms with Crippen LogP contribution in [0.3, 0.4) is 0 Å². The van der Waals surface area contributed by atoms with E-state index in [1.54, 1.807) is 0 Å². The predicted molar refractivity (Wildman–Crippen MR) is 53.3 cm³/mol. The Bertz CT molecular complexity index is 87.1. The summed E-state index contributed by atoms with van der Waals surface area (Å²) in [7, 11) is -0.628. The molecule has 0 aromatic rings. The van der Waals surface area contributed by atoms with Gasteiger partial charge in [0.25, 0.3) is 0 Å². The van der Waals surface area contributed by atoms with Gasteiger partial charge in [-0.1, -0.05) is 0 Å². The van der Waals surface area contributed by atoms with E-state index in [1.807, 2.05) is 13.8 Å². The van der Waals surface area contributed by atoms with E-state index in [1.165, 1.54) is 0 Å². The van der Waals surface area contributed by atoms with Gasteiger partial charge in [0.1, 0.15) is 0 Å². The molecule has 0 bridgehead atoms. The quantitative estimate of drug-likeness (QED) is 0.474. The molecule has 0 amide bonds. The third-order valence-corrected chi connectivity index (χ3v) is 3.11. The molecule has 0 atom stereocenters. The Morgan fingerprint density at radius 1 is 1.08 bits per heavy atom. The van der Waals surface area contributed by atoms with Gasteiger partial charge in [0.15, 0.2) is 8.38 Å². The molecule has 0 unspecified atom stereocenters. The van der Waals surface area contributed by atoms with Gasteiger partial charge in [-0.2, -0.15) is 0 Å². The second-order valence-corrected chi connectivity index (χ2v) is 4.02. The minimum atomic E-state index is -0.628. The van der Waals surface area contributed by atoms with Gasteiger partial charge in [0.05, 0.1) is 13.2 Å². The average molecular weight is 193 g/mol. The normalized spacial score (nSPS) is 11.0. The van der Waals surface area contributed by atoms with Crippen LogP contribution in [0.25, 0.3) is 0 Å². The Labute approximate surface area is 76.5 Å². The van der Waals surface area contributed by atoms with E-state index in [-0.39, 0.29) is 0 Å². The molecule has 0 radical (unpaired) electrons. The molecular weight excluding hydrogens is 173 g/mol. The minimum Gasteiger partial charge on any atom is -0.334 e. The standard InChI is InChI=1S/C8H20NO2P/c1-3-10-12(11-4-2)8-6-5-7-9/h3-9H2,1-2H3. The summed E-state index contributed by atoms with van der Waals surface area (Å²) in [5.74, 6) is 0. The highest BCUT2D eigenvalue weighted by molar-refractivity contribution is 7.47. The number of hydrogen-bond donors (Lipinski definition) is 1. The van der Waals surface area contributed by atoms with Gasteiger partial charge >= 0.3 is 0 Å². The van der Waals surface area contributed by atoms with Crippen molar-refractivity contribution in [1.29, 1.82) is 0 Å². The molecule has 0 aliphatic rings.